The molecule has 0 bridgehead atoms. The Balaban J connectivity index is 1.97. The third kappa shape index (κ3) is 5.44. The highest BCUT2D eigenvalue weighted by Crippen LogP contribution is 2.11. The van der Waals surface area contributed by atoms with Crippen molar-refractivity contribution in [3.05, 3.63) is 65.2 Å². The van der Waals surface area contributed by atoms with Crippen molar-refractivity contribution in [2.75, 3.05) is 19.0 Å². The lowest BCUT2D eigenvalue weighted by Crippen LogP contribution is -2.36. The minimum atomic E-state index is -0.441. The van der Waals surface area contributed by atoms with E-state index in [4.69, 9.17) is 0 Å². The molecule has 26 heavy (non-hydrogen) atoms. The number of esters is 1. The van der Waals surface area contributed by atoms with Crippen molar-refractivity contribution in [1.82, 2.24) is 4.90 Å². The minimum Gasteiger partial charge on any atom is -0.465 e. The summed E-state index contributed by atoms with van der Waals surface area (Å²) < 4.78 is 4.63. The van der Waals surface area contributed by atoms with Crippen LogP contribution in [0.5, 0.6) is 0 Å². The number of carbonyl (C=O) groups excluding carboxylic acids is 3. The molecule has 0 aliphatic carbocycles. The summed E-state index contributed by atoms with van der Waals surface area (Å²) in [6, 6.07) is 14.2. The van der Waals surface area contributed by atoms with Crippen LogP contribution in [-0.2, 0) is 20.9 Å². The molecule has 0 fully saturated rings. The first-order valence-corrected chi connectivity index (χ1v) is 8.18. The van der Waals surface area contributed by atoms with Crippen LogP contribution in [0.2, 0.25) is 0 Å². The van der Waals surface area contributed by atoms with E-state index in [-0.39, 0.29) is 18.4 Å². The van der Waals surface area contributed by atoms with Crippen LogP contribution in [-0.4, -0.2) is 36.3 Å². The highest BCUT2D eigenvalue weighted by Gasteiger charge is 2.14. The van der Waals surface area contributed by atoms with E-state index in [2.05, 4.69) is 10.1 Å². The molecule has 2 aromatic rings. The summed E-state index contributed by atoms with van der Waals surface area (Å²) in [4.78, 5) is 37.0. The normalized spacial score (nSPS) is 10.1. The fraction of sp³-hybridized carbons (Fsp3) is 0.250. The summed E-state index contributed by atoms with van der Waals surface area (Å²) in [5, 5.41) is 2.72. The van der Waals surface area contributed by atoms with E-state index in [1.165, 1.54) is 18.9 Å². The molecule has 0 heterocycles. The van der Waals surface area contributed by atoms with E-state index in [0.29, 0.717) is 17.8 Å². The molecule has 0 aromatic heterocycles. The van der Waals surface area contributed by atoms with Gasteiger partial charge in [-0.1, -0.05) is 29.8 Å². The maximum absolute atomic E-state index is 12.2. The van der Waals surface area contributed by atoms with E-state index in [9.17, 15) is 14.4 Å². The number of nitrogens with one attached hydrogen (secondary N) is 1. The fourth-order valence-electron chi connectivity index (χ4n) is 2.37. The largest absolute Gasteiger partial charge is 0.465 e. The zero-order chi connectivity index (χ0) is 19.1. The van der Waals surface area contributed by atoms with Crippen molar-refractivity contribution < 1.29 is 19.1 Å². The topological polar surface area (TPSA) is 75.7 Å². The molecule has 2 aromatic carbocycles. The summed E-state index contributed by atoms with van der Waals surface area (Å²) in [7, 11) is 1.31. The number of rotatable bonds is 6. The Kier molecular flexibility index (Phi) is 6.49. The number of anilines is 1. The number of hydrogen-bond acceptors (Lipinski definition) is 4. The second kappa shape index (κ2) is 8.80. The van der Waals surface area contributed by atoms with Gasteiger partial charge >= 0.3 is 5.97 Å². The van der Waals surface area contributed by atoms with Crippen molar-refractivity contribution in [3.8, 4) is 0 Å². The van der Waals surface area contributed by atoms with Crippen LogP contribution >= 0.6 is 0 Å². The highest BCUT2D eigenvalue weighted by atomic mass is 16.5. The number of amides is 2. The van der Waals surface area contributed by atoms with Gasteiger partial charge in [-0.25, -0.2) is 4.79 Å². The highest BCUT2D eigenvalue weighted by molar-refractivity contribution is 5.95. The van der Waals surface area contributed by atoms with E-state index in [1.807, 2.05) is 31.2 Å². The van der Waals surface area contributed by atoms with Crippen LogP contribution in [0.3, 0.4) is 0 Å². The van der Waals surface area contributed by atoms with Crippen LogP contribution in [0.1, 0.15) is 28.4 Å². The molecule has 136 valence electrons. The molecular formula is C20H22N2O4. The van der Waals surface area contributed by atoms with E-state index in [0.717, 1.165) is 11.1 Å². The first-order valence-electron chi connectivity index (χ1n) is 8.18. The number of aryl methyl sites for hydroxylation is 1. The minimum absolute atomic E-state index is 0.0536. The quantitative estimate of drug-likeness (QED) is 0.810. The molecule has 6 nitrogen and oxygen atoms in total. The Morgan fingerprint density at radius 3 is 2.15 bits per heavy atom. The molecule has 0 aliphatic rings. The Morgan fingerprint density at radius 1 is 1.00 bits per heavy atom. The molecule has 0 saturated heterocycles. The van der Waals surface area contributed by atoms with Crippen molar-refractivity contribution >= 4 is 23.5 Å². The van der Waals surface area contributed by atoms with Crippen molar-refractivity contribution in [1.29, 1.82) is 0 Å². The zero-order valence-corrected chi connectivity index (χ0v) is 15.1. The predicted octanol–water partition coefficient (Wildman–Crippen LogP) is 2.77. The number of carbonyl (C=O) groups is 3. The van der Waals surface area contributed by atoms with E-state index in [1.54, 1.807) is 24.3 Å². The Hall–Kier alpha value is -3.15. The van der Waals surface area contributed by atoms with Gasteiger partial charge in [0.1, 0.15) is 6.54 Å². The van der Waals surface area contributed by atoms with Crippen LogP contribution in [0.15, 0.2) is 48.5 Å². The van der Waals surface area contributed by atoms with Gasteiger partial charge in [0, 0.05) is 19.2 Å². The van der Waals surface area contributed by atoms with Gasteiger partial charge in [0.15, 0.2) is 0 Å². The number of methoxy groups -OCH3 is 1. The van der Waals surface area contributed by atoms with Gasteiger partial charge in [0.05, 0.1) is 12.7 Å². The van der Waals surface area contributed by atoms with Crippen LogP contribution in [0.4, 0.5) is 5.69 Å². The van der Waals surface area contributed by atoms with Gasteiger partial charge in [-0.15, -0.1) is 0 Å². The maximum Gasteiger partial charge on any atom is 0.337 e. The van der Waals surface area contributed by atoms with Gasteiger partial charge in [-0.3, -0.25) is 9.59 Å². The maximum atomic E-state index is 12.2. The smallest absolute Gasteiger partial charge is 0.337 e. The molecule has 0 atom stereocenters. The third-order valence-electron chi connectivity index (χ3n) is 3.86. The standard InChI is InChI=1S/C20H22N2O4/c1-14-4-6-16(7-5-14)12-22(15(2)23)13-19(24)21-18-10-8-17(9-11-18)20(25)26-3/h4-11H,12-13H2,1-3H3,(H,21,24). The van der Waals surface area contributed by atoms with Gasteiger partial charge in [-0.05, 0) is 36.8 Å². The molecule has 2 amide bonds. The molecule has 2 rings (SSSR count). The lowest BCUT2D eigenvalue weighted by Gasteiger charge is -2.20. The fourth-order valence-corrected chi connectivity index (χ4v) is 2.37. The number of hydrogen-bond donors (Lipinski definition) is 1. The zero-order valence-electron chi connectivity index (χ0n) is 15.1. The lowest BCUT2D eigenvalue weighted by molar-refractivity contribution is -0.133. The Morgan fingerprint density at radius 2 is 1.62 bits per heavy atom. The summed E-state index contributed by atoms with van der Waals surface area (Å²) >= 11 is 0. The summed E-state index contributed by atoms with van der Waals surface area (Å²) in [5.41, 5.74) is 3.04. The molecule has 0 spiro atoms. The Labute approximate surface area is 152 Å². The number of benzene rings is 2. The Bertz CT molecular complexity index is 782. The van der Waals surface area contributed by atoms with E-state index < -0.39 is 5.97 Å². The second-order valence-electron chi connectivity index (χ2n) is 5.98. The molecule has 0 aliphatic heterocycles. The molecule has 0 unspecified atom stereocenters. The van der Waals surface area contributed by atoms with Gasteiger partial charge in [-0.2, -0.15) is 0 Å². The SMILES string of the molecule is COC(=O)c1ccc(NC(=O)CN(Cc2ccc(C)cc2)C(C)=O)cc1. The summed E-state index contributed by atoms with van der Waals surface area (Å²) in [6.45, 7) is 3.74. The van der Waals surface area contributed by atoms with Crippen molar-refractivity contribution in [2.24, 2.45) is 0 Å². The molecule has 0 radical (unpaired) electrons. The summed E-state index contributed by atoms with van der Waals surface area (Å²) in [6.07, 6.45) is 0. The molecule has 6 heteroatoms. The van der Waals surface area contributed by atoms with Crippen molar-refractivity contribution in [3.63, 3.8) is 0 Å². The van der Waals surface area contributed by atoms with Gasteiger partial charge in [0.25, 0.3) is 0 Å². The van der Waals surface area contributed by atoms with Gasteiger partial charge < -0.3 is 15.0 Å². The predicted molar refractivity (Wildman–Crippen MR) is 98.7 cm³/mol. The van der Waals surface area contributed by atoms with Crippen molar-refractivity contribution in [2.45, 2.75) is 20.4 Å². The first-order chi connectivity index (χ1) is 12.4. The van der Waals surface area contributed by atoms with Crippen LogP contribution in [0.25, 0.3) is 0 Å². The number of nitrogens with zero attached hydrogens (tertiary/aromatic N) is 1. The lowest BCUT2D eigenvalue weighted by atomic mass is 10.1. The average Bonchev–Trinajstić information content (AvgIpc) is 2.62. The first kappa shape index (κ1) is 19.2. The van der Waals surface area contributed by atoms with Crippen LogP contribution < -0.4 is 5.32 Å². The monoisotopic (exact) mass is 354 g/mol. The average molecular weight is 354 g/mol. The van der Waals surface area contributed by atoms with E-state index >= 15 is 0 Å². The molecule has 1 N–H and O–H groups in total. The molecule has 0 saturated carbocycles. The third-order valence-corrected chi connectivity index (χ3v) is 3.86. The molecular weight excluding hydrogens is 332 g/mol. The van der Waals surface area contributed by atoms with Gasteiger partial charge in [0.2, 0.25) is 11.8 Å². The van der Waals surface area contributed by atoms with Crippen LogP contribution in [0, 0.1) is 6.92 Å². The summed E-state index contributed by atoms with van der Waals surface area (Å²) in [5.74, 6) is -0.927. The number of ether oxygens (including phenoxy) is 1. The second-order valence-corrected chi connectivity index (χ2v) is 5.98.